The molecular weight excluding hydrogens is 610 g/mol. The van der Waals surface area contributed by atoms with Crippen molar-refractivity contribution in [1.82, 2.24) is 9.47 Å². The van der Waals surface area contributed by atoms with E-state index in [4.69, 9.17) is 18.7 Å². The number of aromatic nitrogens is 1. The third-order valence-corrected chi connectivity index (χ3v) is 8.78. The SMILES string of the molecule is CCCCOC/C(=N\OC(=O)c1ccco1)C(=O)c1ccc(-n2c3ccccc3c3cc(C(=O)C(C)(C)N4CCOCC4)ccc32)cc1. The summed E-state index contributed by atoms with van der Waals surface area (Å²) < 4.78 is 18.4. The summed E-state index contributed by atoms with van der Waals surface area (Å²) in [5.74, 6) is -1.18. The molecule has 1 saturated heterocycles. The molecule has 10 heteroatoms. The van der Waals surface area contributed by atoms with Crippen molar-refractivity contribution < 1.29 is 33.1 Å². The first kappa shape index (κ1) is 33.0. The number of carbonyl (C=O) groups excluding carboxylic acids is 3. The smallest absolute Gasteiger partial charge is 0.400 e. The quantitative estimate of drug-likeness (QED) is 0.0446. The summed E-state index contributed by atoms with van der Waals surface area (Å²) in [6, 6.07) is 24.1. The van der Waals surface area contributed by atoms with Crippen LogP contribution in [0.15, 0.2) is 94.7 Å². The second-order valence-electron chi connectivity index (χ2n) is 12.2. The van der Waals surface area contributed by atoms with Gasteiger partial charge in [0.25, 0.3) is 0 Å². The van der Waals surface area contributed by atoms with E-state index >= 15 is 0 Å². The number of carbonyl (C=O) groups is 3. The number of ether oxygens (including phenoxy) is 2. The molecule has 0 spiro atoms. The normalized spacial score (nSPS) is 14.4. The van der Waals surface area contributed by atoms with Gasteiger partial charge in [0.2, 0.25) is 11.5 Å². The van der Waals surface area contributed by atoms with Gasteiger partial charge in [0.05, 0.1) is 42.7 Å². The van der Waals surface area contributed by atoms with Crippen LogP contribution in [-0.4, -0.2) is 77.8 Å². The lowest BCUT2D eigenvalue weighted by Crippen LogP contribution is -2.54. The highest BCUT2D eigenvalue weighted by Crippen LogP contribution is 2.34. The number of nitrogens with zero attached hydrogens (tertiary/aromatic N) is 3. The summed E-state index contributed by atoms with van der Waals surface area (Å²) >= 11 is 0. The van der Waals surface area contributed by atoms with Crippen LogP contribution in [0.5, 0.6) is 0 Å². The maximum Gasteiger partial charge on any atom is 0.400 e. The summed E-state index contributed by atoms with van der Waals surface area (Å²) in [6.07, 6.45) is 3.11. The van der Waals surface area contributed by atoms with Crippen molar-refractivity contribution in [2.24, 2.45) is 5.16 Å². The monoisotopic (exact) mass is 649 g/mol. The fourth-order valence-electron chi connectivity index (χ4n) is 6.02. The lowest BCUT2D eigenvalue weighted by atomic mass is 9.90. The molecule has 3 heterocycles. The number of para-hydroxylation sites is 1. The molecule has 0 aliphatic carbocycles. The second kappa shape index (κ2) is 14.5. The first-order valence-electron chi connectivity index (χ1n) is 16.2. The lowest BCUT2D eigenvalue weighted by molar-refractivity contribution is -0.00429. The lowest BCUT2D eigenvalue weighted by Gasteiger charge is -2.39. The number of fused-ring (bicyclic) bond motifs is 3. The van der Waals surface area contributed by atoms with Crippen LogP contribution < -0.4 is 0 Å². The zero-order valence-corrected chi connectivity index (χ0v) is 27.4. The van der Waals surface area contributed by atoms with Gasteiger partial charge in [-0.2, -0.15) is 0 Å². The summed E-state index contributed by atoms with van der Waals surface area (Å²) in [7, 11) is 0. The second-order valence-corrected chi connectivity index (χ2v) is 12.2. The maximum absolute atomic E-state index is 13.8. The van der Waals surface area contributed by atoms with Crippen LogP contribution in [0.4, 0.5) is 0 Å². The van der Waals surface area contributed by atoms with Crippen LogP contribution in [0.2, 0.25) is 0 Å². The molecule has 3 aromatic carbocycles. The van der Waals surface area contributed by atoms with E-state index in [0.29, 0.717) is 44.0 Å². The van der Waals surface area contributed by atoms with E-state index in [1.165, 1.54) is 12.3 Å². The van der Waals surface area contributed by atoms with Crippen LogP contribution in [0, 0.1) is 0 Å². The molecular formula is C38H39N3O7. The average molecular weight is 650 g/mol. The number of ketones is 2. The van der Waals surface area contributed by atoms with Gasteiger partial charge < -0.3 is 23.3 Å². The molecule has 0 saturated carbocycles. The molecule has 5 aromatic rings. The number of furan rings is 1. The van der Waals surface area contributed by atoms with E-state index in [2.05, 4.69) is 20.7 Å². The molecule has 0 atom stereocenters. The minimum atomic E-state index is -0.810. The average Bonchev–Trinajstić information content (AvgIpc) is 3.78. The Balaban J connectivity index is 1.30. The van der Waals surface area contributed by atoms with E-state index in [1.54, 1.807) is 18.2 Å². The Labute approximate surface area is 278 Å². The zero-order chi connectivity index (χ0) is 33.7. The molecule has 0 radical (unpaired) electrons. The van der Waals surface area contributed by atoms with Gasteiger partial charge >= 0.3 is 5.97 Å². The first-order valence-corrected chi connectivity index (χ1v) is 16.2. The van der Waals surface area contributed by atoms with Crippen LogP contribution in [0.25, 0.3) is 27.5 Å². The minimum absolute atomic E-state index is 0.0229. The molecule has 2 aromatic heterocycles. The Hall–Kier alpha value is -4.90. The van der Waals surface area contributed by atoms with Crippen molar-refractivity contribution >= 4 is 45.1 Å². The van der Waals surface area contributed by atoms with Gasteiger partial charge in [0.15, 0.2) is 11.5 Å². The number of rotatable bonds is 13. The number of oxime groups is 1. The van der Waals surface area contributed by atoms with E-state index in [-0.39, 0.29) is 23.9 Å². The highest BCUT2D eigenvalue weighted by molar-refractivity contribution is 6.46. The molecule has 6 rings (SSSR count). The topological polar surface area (TPSA) is 113 Å². The fourth-order valence-corrected chi connectivity index (χ4v) is 6.02. The molecule has 0 N–H and O–H groups in total. The Morgan fingerprint density at radius 2 is 1.60 bits per heavy atom. The summed E-state index contributed by atoms with van der Waals surface area (Å²) in [5, 5.41) is 5.85. The summed E-state index contributed by atoms with van der Waals surface area (Å²) in [5.41, 5.74) is 3.07. The number of Topliss-reactive ketones (excluding diaryl/α,β-unsaturated/α-hetero) is 2. The van der Waals surface area contributed by atoms with E-state index < -0.39 is 17.3 Å². The van der Waals surface area contributed by atoms with Crippen LogP contribution in [-0.2, 0) is 14.3 Å². The van der Waals surface area contributed by atoms with Crippen molar-refractivity contribution in [1.29, 1.82) is 0 Å². The predicted molar refractivity (Wildman–Crippen MR) is 183 cm³/mol. The fraction of sp³-hybridized carbons (Fsp3) is 0.316. The first-order chi connectivity index (χ1) is 23.3. The molecule has 0 unspecified atom stereocenters. The highest BCUT2D eigenvalue weighted by Gasteiger charge is 2.36. The number of benzene rings is 3. The molecule has 0 amide bonds. The maximum atomic E-state index is 13.8. The van der Waals surface area contributed by atoms with Gasteiger partial charge in [-0.15, -0.1) is 0 Å². The number of morpholine rings is 1. The standard InChI is InChI=1S/C38H39N3O7/c1-4-5-20-46-25-31(39-48-37(44)34-11-8-21-47-34)35(42)26-12-15-28(16-13-26)41-32-10-7-6-9-29(32)30-24-27(14-17-33(30)41)36(43)38(2,3)40-18-22-45-23-19-40/h6-17,21,24H,4-5,18-20,22-23,25H2,1-3H3/b39-31+. The Morgan fingerprint density at radius 3 is 2.33 bits per heavy atom. The summed E-state index contributed by atoms with van der Waals surface area (Å²) in [4.78, 5) is 46.9. The molecule has 48 heavy (non-hydrogen) atoms. The zero-order valence-electron chi connectivity index (χ0n) is 27.4. The van der Waals surface area contributed by atoms with Crippen LogP contribution in [0.3, 0.4) is 0 Å². The number of unbranched alkanes of at least 4 members (excludes halogenated alkanes) is 1. The summed E-state index contributed by atoms with van der Waals surface area (Å²) in [6.45, 7) is 9.01. The van der Waals surface area contributed by atoms with Gasteiger partial charge in [-0.05, 0) is 80.9 Å². The van der Waals surface area contributed by atoms with Gasteiger partial charge in [0.1, 0.15) is 0 Å². The Kier molecular flexibility index (Phi) is 9.95. The van der Waals surface area contributed by atoms with E-state index in [0.717, 1.165) is 40.3 Å². The Morgan fingerprint density at radius 1 is 0.875 bits per heavy atom. The van der Waals surface area contributed by atoms with Gasteiger partial charge in [-0.25, -0.2) is 4.79 Å². The highest BCUT2D eigenvalue weighted by atomic mass is 16.7. The van der Waals surface area contributed by atoms with Crippen molar-refractivity contribution in [2.75, 3.05) is 39.5 Å². The molecule has 1 fully saturated rings. The molecule has 1 aliphatic heterocycles. The van der Waals surface area contributed by atoms with Crippen molar-refractivity contribution in [3.05, 3.63) is 102 Å². The van der Waals surface area contributed by atoms with Crippen molar-refractivity contribution in [3.63, 3.8) is 0 Å². The number of hydrogen-bond donors (Lipinski definition) is 0. The third kappa shape index (κ3) is 6.73. The van der Waals surface area contributed by atoms with Crippen molar-refractivity contribution in [2.45, 2.75) is 39.2 Å². The molecule has 0 bridgehead atoms. The largest absolute Gasteiger partial charge is 0.457 e. The van der Waals surface area contributed by atoms with E-state index in [9.17, 15) is 14.4 Å². The molecule has 10 nitrogen and oxygen atoms in total. The van der Waals surface area contributed by atoms with Crippen LogP contribution >= 0.6 is 0 Å². The molecule has 248 valence electrons. The molecule has 1 aliphatic rings. The van der Waals surface area contributed by atoms with Crippen LogP contribution in [0.1, 0.15) is 64.9 Å². The van der Waals surface area contributed by atoms with Gasteiger partial charge in [-0.3, -0.25) is 14.5 Å². The Bertz CT molecular complexity index is 1950. The van der Waals surface area contributed by atoms with Gasteiger partial charge in [0, 0.05) is 47.3 Å². The predicted octanol–water partition coefficient (Wildman–Crippen LogP) is 6.88. The van der Waals surface area contributed by atoms with Gasteiger partial charge in [-0.1, -0.05) is 36.7 Å². The number of hydrogen-bond acceptors (Lipinski definition) is 9. The van der Waals surface area contributed by atoms with Crippen molar-refractivity contribution in [3.8, 4) is 5.69 Å². The van der Waals surface area contributed by atoms with E-state index in [1.807, 2.05) is 69.3 Å². The minimum Gasteiger partial charge on any atom is -0.457 e. The third-order valence-electron chi connectivity index (χ3n) is 8.78.